The topological polar surface area (TPSA) is 90.8 Å². The number of nitrogens with one attached hydrogen (secondary N) is 2. The molecule has 1 amide bonds. The SMILES string of the molecule is O=C(CC1COCCN1)NC(CO)CO. The van der Waals surface area contributed by atoms with Crippen molar-refractivity contribution in [2.45, 2.75) is 18.5 Å². The van der Waals surface area contributed by atoms with Crippen LogP contribution in [0.25, 0.3) is 0 Å². The van der Waals surface area contributed by atoms with Crippen molar-refractivity contribution >= 4 is 5.91 Å². The fraction of sp³-hybridized carbons (Fsp3) is 0.889. The van der Waals surface area contributed by atoms with Gasteiger partial charge in [0, 0.05) is 19.0 Å². The van der Waals surface area contributed by atoms with Gasteiger partial charge < -0.3 is 25.6 Å². The van der Waals surface area contributed by atoms with Crippen molar-refractivity contribution in [3.8, 4) is 0 Å². The van der Waals surface area contributed by atoms with Crippen LogP contribution >= 0.6 is 0 Å². The van der Waals surface area contributed by atoms with Crippen LogP contribution in [0.2, 0.25) is 0 Å². The zero-order valence-electron chi connectivity index (χ0n) is 8.61. The minimum atomic E-state index is -0.568. The van der Waals surface area contributed by atoms with Crippen molar-refractivity contribution in [2.24, 2.45) is 0 Å². The summed E-state index contributed by atoms with van der Waals surface area (Å²) < 4.78 is 5.20. The molecule has 0 aromatic carbocycles. The number of aliphatic hydroxyl groups excluding tert-OH is 2. The summed E-state index contributed by atoms with van der Waals surface area (Å²) in [5, 5.41) is 23.2. The number of carbonyl (C=O) groups excluding carboxylic acids is 1. The monoisotopic (exact) mass is 218 g/mol. The standard InChI is InChI=1S/C9H18N2O4/c12-4-8(5-13)11-9(14)3-7-6-15-2-1-10-7/h7-8,10,12-13H,1-6H2,(H,11,14). The van der Waals surface area contributed by atoms with Crippen molar-refractivity contribution in [3.05, 3.63) is 0 Å². The summed E-state index contributed by atoms with van der Waals surface area (Å²) in [4.78, 5) is 11.4. The van der Waals surface area contributed by atoms with E-state index in [-0.39, 0.29) is 25.2 Å². The van der Waals surface area contributed by atoms with E-state index < -0.39 is 6.04 Å². The summed E-state index contributed by atoms with van der Waals surface area (Å²) in [6.07, 6.45) is 0.302. The zero-order valence-corrected chi connectivity index (χ0v) is 8.61. The van der Waals surface area contributed by atoms with Crippen LogP contribution < -0.4 is 10.6 Å². The van der Waals surface area contributed by atoms with E-state index in [1.54, 1.807) is 0 Å². The normalized spacial score (nSPS) is 21.7. The van der Waals surface area contributed by atoms with Crippen LogP contribution in [0, 0.1) is 0 Å². The first kappa shape index (κ1) is 12.4. The van der Waals surface area contributed by atoms with Gasteiger partial charge in [-0.15, -0.1) is 0 Å². The van der Waals surface area contributed by atoms with E-state index in [9.17, 15) is 4.79 Å². The number of aliphatic hydroxyl groups is 2. The van der Waals surface area contributed by atoms with Gasteiger partial charge in [-0.2, -0.15) is 0 Å². The summed E-state index contributed by atoms with van der Waals surface area (Å²) >= 11 is 0. The third kappa shape index (κ3) is 4.57. The number of amides is 1. The molecule has 0 spiro atoms. The third-order valence-electron chi connectivity index (χ3n) is 2.24. The number of rotatable bonds is 5. The highest BCUT2D eigenvalue weighted by Gasteiger charge is 2.18. The fourth-order valence-electron chi connectivity index (χ4n) is 1.41. The number of hydrogen-bond donors (Lipinski definition) is 4. The number of carbonyl (C=O) groups is 1. The Morgan fingerprint density at radius 2 is 2.27 bits per heavy atom. The maximum atomic E-state index is 11.4. The molecule has 1 aliphatic rings. The molecule has 6 heteroatoms. The molecular weight excluding hydrogens is 200 g/mol. The Bertz CT molecular complexity index is 191. The van der Waals surface area contributed by atoms with E-state index >= 15 is 0 Å². The number of ether oxygens (including phenoxy) is 1. The minimum Gasteiger partial charge on any atom is -0.394 e. The maximum Gasteiger partial charge on any atom is 0.222 e. The second kappa shape index (κ2) is 6.73. The van der Waals surface area contributed by atoms with Crippen LogP contribution in [0.1, 0.15) is 6.42 Å². The van der Waals surface area contributed by atoms with Gasteiger partial charge in [0.25, 0.3) is 0 Å². The van der Waals surface area contributed by atoms with Crippen LogP contribution in [-0.4, -0.2) is 61.2 Å². The predicted molar refractivity (Wildman–Crippen MR) is 53.3 cm³/mol. The lowest BCUT2D eigenvalue weighted by Gasteiger charge is -2.24. The van der Waals surface area contributed by atoms with Crippen molar-refractivity contribution < 1.29 is 19.7 Å². The van der Waals surface area contributed by atoms with Gasteiger partial charge in [0.1, 0.15) is 0 Å². The summed E-state index contributed by atoms with van der Waals surface area (Å²) in [5.41, 5.74) is 0. The molecule has 88 valence electrons. The Labute approximate surface area is 88.6 Å². The molecule has 1 rings (SSSR count). The summed E-state index contributed by atoms with van der Waals surface area (Å²) in [7, 11) is 0. The lowest BCUT2D eigenvalue weighted by Crippen LogP contribution is -2.47. The molecule has 4 N–H and O–H groups in total. The van der Waals surface area contributed by atoms with Crippen molar-refractivity contribution in [1.82, 2.24) is 10.6 Å². The zero-order chi connectivity index (χ0) is 11.1. The van der Waals surface area contributed by atoms with Gasteiger partial charge in [0.05, 0.1) is 32.5 Å². The van der Waals surface area contributed by atoms with Crippen molar-refractivity contribution in [1.29, 1.82) is 0 Å². The molecule has 0 radical (unpaired) electrons. The molecule has 1 atom stereocenters. The Kier molecular flexibility index (Phi) is 5.56. The quantitative estimate of drug-likeness (QED) is 0.422. The lowest BCUT2D eigenvalue weighted by molar-refractivity contribution is -0.123. The molecule has 0 aliphatic carbocycles. The van der Waals surface area contributed by atoms with E-state index in [0.29, 0.717) is 19.6 Å². The van der Waals surface area contributed by atoms with E-state index in [4.69, 9.17) is 14.9 Å². The third-order valence-corrected chi connectivity index (χ3v) is 2.24. The largest absolute Gasteiger partial charge is 0.394 e. The Morgan fingerprint density at radius 3 is 2.80 bits per heavy atom. The summed E-state index contributed by atoms with van der Waals surface area (Å²) in [5.74, 6) is -0.189. The molecule has 1 saturated heterocycles. The number of morpholine rings is 1. The first-order valence-electron chi connectivity index (χ1n) is 5.08. The molecule has 0 bridgehead atoms. The smallest absolute Gasteiger partial charge is 0.222 e. The molecule has 1 aliphatic heterocycles. The Hall–Kier alpha value is -0.690. The lowest BCUT2D eigenvalue weighted by atomic mass is 10.2. The molecule has 0 aromatic heterocycles. The average molecular weight is 218 g/mol. The summed E-state index contributed by atoms with van der Waals surface area (Å²) in [6, 6.07) is -0.543. The van der Waals surface area contributed by atoms with Gasteiger partial charge in [-0.25, -0.2) is 0 Å². The Balaban J connectivity index is 2.21. The first-order chi connectivity index (χ1) is 7.26. The summed E-state index contributed by atoms with van der Waals surface area (Å²) in [6.45, 7) is 1.44. The highest BCUT2D eigenvalue weighted by Crippen LogP contribution is 1.98. The van der Waals surface area contributed by atoms with E-state index in [1.165, 1.54) is 0 Å². The second-order valence-corrected chi connectivity index (χ2v) is 3.56. The average Bonchev–Trinajstić information content (AvgIpc) is 2.27. The molecule has 6 nitrogen and oxygen atoms in total. The van der Waals surface area contributed by atoms with E-state index in [1.807, 2.05) is 0 Å². The maximum absolute atomic E-state index is 11.4. The van der Waals surface area contributed by atoms with Gasteiger partial charge in [0.15, 0.2) is 0 Å². The molecule has 1 heterocycles. The Morgan fingerprint density at radius 1 is 1.53 bits per heavy atom. The van der Waals surface area contributed by atoms with Gasteiger partial charge >= 0.3 is 0 Å². The molecule has 0 saturated carbocycles. The molecule has 1 fully saturated rings. The van der Waals surface area contributed by atoms with E-state index in [0.717, 1.165) is 6.54 Å². The molecular formula is C9H18N2O4. The predicted octanol–water partition coefficient (Wildman–Crippen LogP) is -2.17. The van der Waals surface area contributed by atoms with Crippen LogP contribution in [-0.2, 0) is 9.53 Å². The van der Waals surface area contributed by atoms with Crippen LogP contribution in [0.4, 0.5) is 0 Å². The van der Waals surface area contributed by atoms with Crippen LogP contribution in [0.5, 0.6) is 0 Å². The van der Waals surface area contributed by atoms with Gasteiger partial charge in [-0.05, 0) is 0 Å². The van der Waals surface area contributed by atoms with Gasteiger partial charge in [-0.3, -0.25) is 4.79 Å². The van der Waals surface area contributed by atoms with Gasteiger partial charge in [0.2, 0.25) is 5.91 Å². The molecule has 15 heavy (non-hydrogen) atoms. The minimum absolute atomic E-state index is 0.0248. The molecule has 1 unspecified atom stereocenters. The second-order valence-electron chi connectivity index (χ2n) is 3.56. The van der Waals surface area contributed by atoms with E-state index in [2.05, 4.69) is 10.6 Å². The number of hydrogen-bond acceptors (Lipinski definition) is 5. The van der Waals surface area contributed by atoms with Crippen LogP contribution in [0.15, 0.2) is 0 Å². The highest BCUT2D eigenvalue weighted by molar-refractivity contribution is 5.76. The van der Waals surface area contributed by atoms with Crippen molar-refractivity contribution in [3.63, 3.8) is 0 Å². The molecule has 0 aromatic rings. The fourth-order valence-corrected chi connectivity index (χ4v) is 1.41. The van der Waals surface area contributed by atoms with Gasteiger partial charge in [-0.1, -0.05) is 0 Å². The first-order valence-corrected chi connectivity index (χ1v) is 5.08. The highest BCUT2D eigenvalue weighted by atomic mass is 16.5. The van der Waals surface area contributed by atoms with Crippen molar-refractivity contribution in [2.75, 3.05) is 33.0 Å². The van der Waals surface area contributed by atoms with Crippen LogP contribution in [0.3, 0.4) is 0 Å².